The molecule has 1 aliphatic rings. The summed E-state index contributed by atoms with van der Waals surface area (Å²) in [7, 11) is 1.42. The standard InChI is InChI=1S/C25H25NO7/c1-31-23-14-22(29)20(15-27)24-19(23)13-18(25(30)33-24)16-4-6-17(7-5-16)21(28)3-2-8-26-9-11-32-12-10-26/h4-7,13-15,29H,2-3,8-12H2,1H3. The molecule has 33 heavy (non-hydrogen) atoms. The summed E-state index contributed by atoms with van der Waals surface area (Å²) < 4.78 is 16.0. The summed E-state index contributed by atoms with van der Waals surface area (Å²) in [5, 5.41) is 10.4. The number of nitrogens with zero attached hydrogens (tertiary/aromatic N) is 1. The Labute approximate surface area is 190 Å². The van der Waals surface area contributed by atoms with Crippen molar-refractivity contribution in [2.75, 3.05) is 40.0 Å². The minimum atomic E-state index is -0.664. The molecule has 1 fully saturated rings. The van der Waals surface area contributed by atoms with Gasteiger partial charge < -0.3 is 19.0 Å². The van der Waals surface area contributed by atoms with Gasteiger partial charge in [-0.25, -0.2) is 4.79 Å². The number of benzene rings is 2. The number of phenols is 1. The molecule has 8 nitrogen and oxygen atoms in total. The fraction of sp³-hybridized carbons (Fsp3) is 0.320. The molecule has 0 saturated carbocycles. The summed E-state index contributed by atoms with van der Waals surface area (Å²) in [6.45, 7) is 4.14. The molecule has 0 aliphatic carbocycles. The molecule has 0 bridgehead atoms. The highest BCUT2D eigenvalue weighted by Gasteiger charge is 2.18. The van der Waals surface area contributed by atoms with Crippen LogP contribution in [0, 0.1) is 0 Å². The zero-order valence-corrected chi connectivity index (χ0v) is 18.3. The van der Waals surface area contributed by atoms with Crippen molar-refractivity contribution in [1.82, 2.24) is 4.90 Å². The fourth-order valence-corrected chi connectivity index (χ4v) is 4.00. The molecule has 0 atom stereocenters. The van der Waals surface area contributed by atoms with Crippen LogP contribution >= 0.6 is 0 Å². The average Bonchev–Trinajstić information content (AvgIpc) is 2.84. The van der Waals surface area contributed by atoms with Gasteiger partial charge in [-0.05, 0) is 24.6 Å². The third-order valence-electron chi connectivity index (χ3n) is 5.84. The van der Waals surface area contributed by atoms with Crippen LogP contribution in [0.25, 0.3) is 22.1 Å². The molecule has 1 N–H and O–H groups in total. The number of Topliss-reactive ketones (excluding diaryl/α,β-unsaturated/α-hetero) is 1. The molecule has 2 aromatic carbocycles. The maximum absolute atomic E-state index is 12.6. The van der Waals surface area contributed by atoms with Gasteiger partial charge in [0.15, 0.2) is 17.7 Å². The van der Waals surface area contributed by atoms with Crippen molar-refractivity contribution < 1.29 is 28.6 Å². The topological polar surface area (TPSA) is 106 Å². The van der Waals surface area contributed by atoms with Crippen molar-refractivity contribution in [2.45, 2.75) is 12.8 Å². The Morgan fingerprint density at radius 2 is 1.91 bits per heavy atom. The lowest BCUT2D eigenvalue weighted by atomic mass is 10.00. The number of morpholine rings is 1. The maximum Gasteiger partial charge on any atom is 0.344 e. The number of carbonyl (C=O) groups excluding carboxylic acids is 2. The molecule has 1 saturated heterocycles. The number of hydrogen-bond donors (Lipinski definition) is 1. The summed E-state index contributed by atoms with van der Waals surface area (Å²) in [5.41, 5.74) is 0.586. The van der Waals surface area contributed by atoms with E-state index in [2.05, 4.69) is 4.90 Å². The van der Waals surface area contributed by atoms with Gasteiger partial charge in [-0.15, -0.1) is 0 Å². The molecular weight excluding hydrogens is 426 g/mol. The summed E-state index contributed by atoms with van der Waals surface area (Å²) in [4.78, 5) is 38.9. The van der Waals surface area contributed by atoms with Gasteiger partial charge in [0.25, 0.3) is 0 Å². The third-order valence-corrected chi connectivity index (χ3v) is 5.84. The van der Waals surface area contributed by atoms with E-state index in [9.17, 15) is 19.5 Å². The third kappa shape index (κ3) is 4.81. The first kappa shape index (κ1) is 22.7. The predicted molar refractivity (Wildman–Crippen MR) is 122 cm³/mol. The lowest BCUT2D eigenvalue weighted by Gasteiger charge is -2.26. The molecule has 8 heteroatoms. The highest BCUT2D eigenvalue weighted by atomic mass is 16.5. The minimum absolute atomic E-state index is 0.0392. The zero-order chi connectivity index (χ0) is 23.4. The van der Waals surface area contributed by atoms with Gasteiger partial charge in [-0.2, -0.15) is 0 Å². The Bertz CT molecular complexity index is 1220. The Balaban J connectivity index is 1.54. The first-order valence-corrected chi connectivity index (χ1v) is 10.8. The second-order valence-electron chi connectivity index (χ2n) is 7.88. The fourth-order valence-electron chi connectivity index (χ4n) is 4.00. The molecule has 0 radical (unpaired) electrons. The van der Waals surface area contributed by atoms with Crippen LogP contribution in [-0.2, 0) is 4.74 Å². The van der Waals surface area contributed by atoms with Crippen molar-refractivity contribution in [3.05, 3.63) is 57.9 Å². The Morgan fingerprint density at radius 1 is 1.18 bits per heavy atom. The second-order valence-corrected chi connectivity index (χ2v) is 7.88. The van der Waals surface area contributed by atoms with Crippen LogP contribution in [-0.4, -0.2) is 62.0 Å². The first-order chi connectivity index (χ1) is 16.0. The lowest BCUT2D eigenvalue weighted by molar-refractivity contribution is 0.0371. The summed E-state index contributed by atoms with van der Waals surface area (Å²) >= 11 is 0. The monoisotopic (exact) mass is 451 g/mol. The van der Waals surface area contributed by atoms with Gasteiger partial charge in [0.05, 0.1) is 36.8 Å². The van der Waals surface area contributed by atoms with Crippen molar-refractivity contribution >= 4 is 23.0 Å². The normalized spacial score (nSPS) is 14.3. The number of fused-ring (bicyclic) bond motifs is 1. The van der Waals surface area contributed by atoms with Crippen LogP contribution in [0.5, 0.6) is 11.5 Å². The van der Waals surface area contributed by atoms with Gasteiger partial charge in [-0.3, -0.25) is 14.5 Å². The van der Waals surface area contributed by atoms with E-state index < -0.39 is 5.63 Å². The molecule has 3 aromatic rings. The summed E-state index contributed by atoms with van der Waals surface area (Å²) in [6.07, 6.45) is 1.66. The van der Waals surface area contributed by atoms with E-state index >= 15 is 0 Å². The Morgan fingerprint density at radius 3 is 2.58 bits per heavy atom. The summed E-state index contributed by atoms with van der Waals surface area (Å²) in [6, 6.07) is 9.64. The van der Waals surface area contributed by atoms with Gasteiger partial charge in [0.2, 0.25) is 0 Å². The first-order valence-electron chi connectivity index (χ1n) is 10.8. The molecule has 1 aromatic heterocycles. The van der Waals surface area contributed by atoms with E-state index in [0.29, 0.717) is 29.2 Å². The maximum atomic E-state index is 12.6. The molecule has 0 amide bonds. The Kier molecular flexibility index (Phi) is 6.86. The van der Waals surface area contributed by atoms with Crippen molar-refractivity contribution in [3.8, 4) is 22.6 Å². The zero-order valence-electron chi connectivity index (χ0n) is 18.3. The number of ketones is 1. The van der Waals surface area contributed by atoms with Crippen LogP contribution in [0.1, 0.15) is 33.6 Å². The van der Waals surface area contributed by atoms with Crippen LogP contribution in [0.3, 0.4) is 0 Å². The van der Waals surface area contributed by atoms with Crippen LogP contribution in [0.15, 0.2) is 45.6 Å². The van der Waals surface area contributed by atoms with Crippen LogP contribution in [0.2, 0.25) is 0 Å². The molecule has 172 valence electrons. The van der Waals surface area contributed by atoms with E-state index in [1.54, 1.807) is 30.3 Å². The molecule has 4 rings (SSSR count). The van der Waals surface area contributed by atoms with Crippen molar-refractivity contribution in [3.63, 3.8) is 0 Å². The number of hydrogen-bond acceptors (Lipinski definition) is 8. The van der Waals surface area contributed by atoms with Gasteiger partial charge in [0, 0.05) is 31.1 Å². The van der Waals surface area contributed by atoms with Crippen LogP contribution in [0.4, 0.5) is 0 Å². The molecule has 0 unspecified atom stereocenters. The van der Waals surface area contributed by atoms with E-state index in [1.807, 2.05) is 0 Å². The van der Waals surface area contributed by atoms with Crippen LogP contribution < -0.4 is 10.4 Å². The molecule has 0 spiro atoms. The number of phenolic OH excluding ortho intramolecular Hbond substituents is 1. The summed E-state index contributed by atoms with van der Waals surface area (Å²) in [5.74, 6) is -0.0139. The van der Waals surface area contributed by atoms with Crippen molar-refractivity contribution in [1.29, 1.82) is 0 Å². The Hall–Kier alpha value is -3.49. The van der Waals surface area contributed by atoms with E-state index in [1.165, 1.54) is 13.2 Å². The quantitative estimate of drug-likeness (QED) is 0.316. The minimum Gasteiger partial charge on any atom is -0.507 e. The van der Waals surface area contributed by atoms with Gasteiger partial charge >= 0.3 is 5.63 Å². The lowest BCUT2D eigenvalue weighted by Crippen LogP contribution is -2.36. The SMILES string of the molecule is COc1cc(O)c(C=O)c2oc(=O)c(-c3ccc(C(=O)CCCN4CCOCC4)cc3)cc12. The van der Waals surface area contributed by atoms with E-state index in [-0.39, 0.29) is 34.0 Å². The second kappa shape index (κ2) is 9.97. The molecule has 2 heterocycles. The number of ether oxygens (including phenoxy) is 2. The average molecular weight is 451 g/mol. The van der Waals surface area contributed by atoms with Crippen molar-refractivity contribution in [2.24, 2.45) is 0 Å². The van der Waals surface area contributed by atoms with E-state index in [4.69, 9.17) is 13.9 Å². The van der Waals surface area contributed by atoms with Gasteiger partial charge in [0.1, 0.15) is 11.5 Å². The number of rotatable bonds is 8. The largest absolute Gasteiger partial charge is 0.507 e. The predicted octanol–water partition coefficient (Wildman–Crippen LogP) is 3.28. The number of carbonyl (C=O) groups is 2. The highest BCUT2D eigenvalue weighted by Crippen LogP contribution is 2.35. The smallest absolute Gasteiger partial charge is 0.344 e. The van der Waals surface area contributed by atoms with Gasteiger partial charge in [-0.1, -0.05) is 24.3 Å². The van der Waals surface area contributed by atoms with E-state index in [0.717, 1.165) is 39.3 Å². The molecule has 1 aliphatic heterocycles. The number of methoxy groups -OCH3 is 1. The number of aldehydes is 1. The molecular formula is C25H25NO7. The number of aromatic hydroxyl groups is 1. The highest BCUT2D eigenvalue weighted by molar-refractivity contribution is 6.01.